The van der Waals surface area contributed by atoms with Crippen LogP contribution in [-0.4, -0.2) is 29.1 Å². The third kappa shape index (κ3) is 5.55. The molecule has 1 unspecified atom stereocenters. The van der Waals surface area contributed by atoms with Crippen molar-refractivity contribution in [3.05, 3.63) is 27.7 Å². The molecule has 1 aromatic rings. The average molecular weight is 379 g/mol. The predicted molar refractivity (Wildman–Crippen MR) is 83.7 cm³/mol. The van der Waals surface area contributed by atoms with Gasteiger partial charge in [-0.15, -0.1) is 0 Å². The number of hydrogen-bond donors (Lipinski definition) is 2. The van der Waals surface area contributed by atoms with E-state index in [0.717, 1.165) is 0 Å². The van der Waals surface area contributed by atoms with Crippen molar-refractivity contribution in [2.75, 3.05) is 0 Å². The minimum atomic E-state index is -1.05. The van der Waals surface area contributed by atoms with Gasteiger partial charge in [0.25, 0.3) is 5.91 Å². The molecule has 0 fully saturated rings. The number of carboxylic acid groups (broad SMARTS) is 1. The van der Waals surface area contributed by atoms with Crippen molar-refractivity contribution in [3.8, 4) is 5.75 Å². The summed E-state index contributed by atoms with van der Waals surface area (Å²) < 4.78 is 6.13. The lowest BCUT2D eigenvalue weighted by molar-refractivity contribution is -0.143. The van der Waals surface area contributed by atoms with Gasteiger partial charge in [0.1, 0.15) is 11.8 Å². The van der Waals surface area contributed by atoms with Crippen LogP contribution in [0.3, 0.4) is 0 Å². The maximum atomic E-state index is 12.0. The molecule has 2 atom stereocenters. The van der Waals surface area contributed by atoms with Crippen LogP contribution in [0.15, 0.2) is 22.7 Å². The molecule has 0 aliphatic carbocycles. The zero-order chi connectivity index (χ0) is 16.0. The lowest BCUT2D eigenvalue weighted by Crippen LogP contribution is -2.46. The molecule has 116 valence electrons. The second kappa shape index (κ2) is 8.24. The van der Waals surface area contributed by atoms with Crippen molar-refractivity contribution in [2.45, 2.75) is 38.8 Å². The van der Waals surface area contributed by atoms with Gasteiger partial charge in [-0.2, -0.15) is 0 Å². The average Bonchev–Trinajstić information content (AvgIpc) is 2.41. The highest BCUT2D eigenvalue weighted by molar-refractivity contribution is 9.10. The maximum Gasteiger partial charge on any atom is 0.326 e. The van der Waals surface area contributed by atoms with Crippen LogP contribution in [0, 0.1) is 0 Å². The number of benzene rings is 1. The van der Waals surface area contributed by atoms with Gasteiger partial charge in [0.05, 0.1) is 4.47 Å². The summed E-state index contributed by atoms with van der Waals surface area (Å²) in [6, 6.07) is 4.03. The van der Waals surface area contributed by atoms with E-state index in [1.807, 2.05) is 6.92 Å². The number of carboxylic acids is 1. The Kier molecular flexibility index (Phi) is 6.98. The summed E-state index contributed by atoms with van der Waals surface area (Å²) in [5.74, 6) is -1.06. The molecule has 0 heterocycles. The molecule has 0 aliphatic rings. The largest absolute Gasteiger partial charge is 0.480 e. The first-order chi connectivity index (χ1) is 9.85. The molecule has 21 heavy (non-hydrogen) atoms. The van der Waals surface area contributed by atoms with Gasteiger partial charge in [0.15, 0.2) is 6.10 Å². The van der Waals surface area contributed by atoms with E-state index in [1.165, 1.54) is 0 Å². The topological polar surface area (TPSA) is 75.6 Å². The summed E-state index contributed by atoms with van der Waals surface area (Å²) in [5, 5.41) is 12.0. The summed E-state index contributed by atoms with van der Waals surface area (Å²) in [5.41, 5.74) is 0. The molecule has 0 aliphatic heterocycles. The van der Waals surface area contributed by atoms with Gasteiger partial charge < -0.3 is 15.2 Å². The number of rotatable bonds is 7. The first-order valence-electron chi connectivity index (χ1n) is 6.50. The SMILES string of the molecule is CCC[C@H](NC(=O)C(C)Oc1ccc(Cl)cc1Br)C(=O)O. The first kappa shape index (κ1) is 17.8. The van der Waals surface area contributed by atoms with Gasteiger partial charge in [-0.3, -0.25) is 4.79 Å². The van der Waals surface area contributed by atoms with E-state index in [9.17, 15) is 9.59 Å². The fourth-order valence-corrected chi connectivity index (χ4v) is 2.43. The molecule has 0 saturated heterocycles. The van der Waals surface area contributed by atoms with Crippen LogP contribution in [0.25, 0.3) is 0 Å². The quantitative estimate of drug-likeness (QED) is 0.764. The summed E-state index contributed by atoms with van der Waals surface area (Å²) >= 11 is 9.11. The Morgan fingerprint density at radius 1 is 1.48 bits per heavy atom. The highest BCUT2D eigenvalue weighted by atomic mass is 79.9. The zero-order valence-electron chi connectivity index (χ0n) is 11.7. The zero-order valence-corrected chi connectivity index (χ0v) is 14.1. The number of nitrogens with one attached hydrogen (secondary N) is 1. The van der Waals surface area contributed by atoms with Gasteiger partial charge in [0, 0.05) is 5.02 Å². The number of aliphatic carboxylic acids is 1. The molecular weight excluding hydrogens is 362 g/mol. The van der Waals surface area contributed by atoms with Crippen molar-refractivity contribution < 1.29 is 19.4 Å². The van der Waals surface area contributed by atoms with Crippen molar-refractivity contribution in [3.63, 3.8) is 0 Å². The van der Waals surface area contributed by atoms with Crippen molar-refractivity contribution in [2.24, 2.45) is 0 Å². The van der Waals surface area contributed by atoms with Gasteiger partial charge in [-0.05, 0) is 47.5 Å². The summed E-state index contributed by atoms with van der Waals surface area (Å²) in [4.78, 5) is 23.0. The third-order valence-electron chi connectivity index (χ3n) is 2.76. The Morgan fingerprint density at radius 2 is 2.14 bits per heavy atom. The van der Waals surface area contributed by atoms with E-state index < -0.39 is 24.0 Å². The third-order valence-corrected chi connectivity index (χ3v) is 3.61. The fraction of sp³-hybridized carbons (Fsp3) is 0.429. The Bertz CT molecular complexity index is 524. The Hall–Kier alpha value is -1.27. The molecule has 0 bridgehead atoms. The van der Waals surface area contributed by atoms with Gasteiger partial charge in [-0.25, -0.2) is 4.79 Å². The highest BCUT2D eigenvalue weighted by Crippen LogP contribution is 2.28. The van der Waals surface area contributed by atoms with E-state index >= 15 is 0 Å². The predicted octanol–water partition coefficient (Wildman–Crippen LogP) is 3.24. The molecule has 0 spiro atoms. The maximum absolute atomic E-state index is 12.0. The van der Waals surface area contributed by atoms with Crippen LogP contribution in [-0.2, 0) is 9.59 Å². The fourth-order valence-electron chi connectivity index (χ4n) is 1.65. The normalized spacial score (nSPS) is 13.3. The van der Waals surface area contributed by atoms with Gasteiger partial charge >= 0.3 is 5.97 Å². The molecule has 5 nitrogen and oxygen atoms in total. The van der Waals surface area contributed by atoms with Crippen molar-refractivity contribution in [1.82, 2.24) is 5.32 Å². The summed E-state index contributed by atoms with van der Waals surface area (Å²) in [6.07, 6.45) is 0.217. The van der Waals surface area contributed by atoms with Crippen molar-refractivity contribution >= 4 is 39.4 Å². The summed E-state index contributed by atoms with van der Waals surface area (Å²) in [7, 11) is 0. The molecule has 0 saturated carbocycles. The van der Waals surface area contributed by atoms with Gasteiger partial charge in [0.2, 0.25) is 0 Å². The molecule has 1 amide bonds. The minimum absolute atomic E-state index is 0.373. The number of amides is 1. The molecule has 0 radical (unpaired) electrons. The molecular formula is C14H17BrClNO4. The molecule has 1 aromatic carbocycles. The van der Waals surface area contributed by atoms with E-state index in [0.29, 0.717) is 28.1 Å². The number of carbonyl (C=O) groups is 2. The lowest BCUT2D eigenvalue weighted by atomic mass is 10.1. The summed E-state index contributed by atoms with van der Waals surface area (Å²) in [6.45, 7) is 3.41. The standard InChI is InChI=1S/C14H17BrClNO4/c1-3-4-11(14(19)20)17-13(18)8(2)21-12-6-5-9(16)7-10(12)15/h5-8,11H,3-4H2,1-2H3,(H,17,18)(H,19,20)/t8?,11-/m0/s1. The number of halogens is 2. The van der Waals surface area contributed by atoms with E-state index in [1.54, 1.807) is 25.1 Å². The van der Waals surface area contributed by atoms with Crippen LogP contribution in [0.2, 0.25) is 5.02 Å². The van der Waals surface area contributed by atoms with Crippen LogP contribution < -0.4 is 10.1 Å². The van der Waals surface area contributed by atoms with E-state index in [2.05, 4.69) is 21.2 Å². The smallest absolute Gasteiger partial charge is 0.326 e. The lowest BCUT2D eigenvalue weighted by Gasteiger charge is -2.19. The minimum Gasteiger partial charge on any atom is -0.480 e. The molecule has 7 heteroatoms. The number of carbonyl (C=O) groups excluding carboxylic acids is 1. The van der Waals surface area contributed by atoms with Gasteiger partial charge in [-0.1, -0.05) is 24.9 Å². The Balaban J connectivity index is 2.67. The van der Waals surface area contributed by atoms with Crippen LogP contribution >= 0.6 is 27.5 Å². The molecule has 1 rings (SSSR count). The highest BCUT2D eigenvalue weighted by Gasteiger charge is 2.23. The second-order valence-electron chi connectivity index (χ2n) is 4.52. The monoisotopic (exact) mass is 377 g/mol. The van der Waals surface area contributed by atoms with Crippen LogP contribution in [0.1, 0.15) is 26.7 Å². The number of ether oxygens (including phenoxy) is 1. The molecule has 2 N–H and O–H groups in total. The second-order valence-corrected chi connectivity index (χ2v) is 5.81. The number of hydrogen-bond acceptors (Lipinski definition) is 3. The molecule has 0 aromatic heterocycles. The van der Waals surface area contributed by atoms with E-state index in [-0.39, 0.29) is 0 Å². The van der Waals surface area contributed by atoms with Crippen LogP contribution in [0.4, 0.5) is 0 Å². The van der Waals surface area contributed by atoms with Crippen molar-refractivity contribution in [1.29, 1.82) is 0 Å². The first-order valence-corrected chi connectivity index (χ1v) is 7.67. The van der Waals surface area contributed by atoms with Crippen LogP contribution in [0.5, 0.6) is 5.75 Å². The Labute approximate surface area is 136 Å². The van der Waals surface area contributed by atoms with E-state index in [4.69, 9.17) is 21.4 Å². The Morgan fingerprint density at radius 3 is 2.67 bits per heavy atom.